The molecule has 0 saturated carbocycles. The number of hydrogen-bond acceptors (Lipinski definition) is 7. The third-order valence-corrected chi connectivity index (χ3v) is 6.97. The summed E-state index contributed by atoms with van der Waals surface area (Å²) in [4.78, 5) is 4.14. The molecule has 30 heavy (non-hydrogen) atoms. The largest absolute Gasteiger partial charge is 0.243 e. The Morgan fingerprint density at radius 2 is 1.80 bits per heavy atom. The van der Waals surface area contributed by atoms with Gasteiger partial charge in [-0.15, -0.1) is 5.10 Å². The standard InChI is InChI=1S/C19H20N8O2S/c1-14-10-18(8-9-19(14)27-13-21-23-24-27)30(28,29)25(3)15(2)16-4-6-17(7-5-16)26-12-20-11-22-26/h4-13,15H,1-3H3/t15-/m0/s1. The zero-order chi connectivity index (χ0) is 21.3. The molecule has 10 nitrogen and oxygen atoms in total. The lowest BCUT2D eigenvalue weighted by Gasteiger charge is -2.25. The summed E-state index contributed by atoms with van der Waals surface area (Å²) in [5.41, 5.74) is 3.19. The highest BCUT2D eigenvalue weighted by Crippen LogP contribution is 2.28. The topological polar surface area (TPSA) is 112 Å². The van der Waals surface area contributed by atoms with Crippen LogP contribution in [0.25, 0.3) is 11.4 Å². The molecule has 0 radical (unpaired) electrons. The Morgan fingerprint density at radius 3 is 2.40 bits per heavy atom. The zero-order valence-electron chi connectivity index (χ0n) is 16.7. The van der Waals surface area contributed by atoms with Gasteiger partial charge in [-0.1, -0.05) is 12.1 Å². The van der Waals surface area contributed by atoms with Gasteiger partial charge in [0.1, 0.15) is 19.0 Å². The van der Waals surface area contributed by atoms with Crippen LogP contribution in [0.1, 0.15) is 24.1 Å². The van der Waals surface area contributed by atoms with Crippen LogP contribution in [-0.4, -0.2) is 54.7 Å². The van der Waals surface area contributed by atoms with Gasteiger partial charge in [0.2, 0.25) is 10.0 Å². The van der Waals surface area contributed by atoms with Gasteiger partial charge in [0, 0.05) is 13.1 Å². The first kappa shape index (κ1) is 19.9. The van der Waals surface area contributed by atoms with Crippen molar-refractivity contribution in [3.8, 4) is 11.4 Å². The van der Waals surface area contributed by atoms with E-state index in [1.54, 1.807) is 36.3 Å². The van der Waals surface area contributed by atoms with Crippen LogP contribution >= 0.6 is 0 Å². The molecule has 0 fully saturated rings. The van der Waals surface area contributed by atoms with E-state index in [1.807, 2.05) is 38.1 Å². The van der Waals surface area contributed by atoms with Crippen LogP contribution in [0.5, 0.6) is 0 Å². The number of tetrazole rings is 1. The normalized spacial score (nSPS) is 12.9. The fraction of sp³-hybridized carbons (Fsp3) is 0.211. The third kappa shape index (κ3) is 3.60. The minimum absolute atomic E-state index is 0.213. The molecule has 0 amide bonds. The molecule has 0 bridgehead atoms. The van der Waals surface area contributed by atoms with E-state index in [9.17, 15) is 8.42 Å². The maximum atomic E-state index is 13.2. The molecule has 1 atom stereocenters. The van der Waals surface area contributed by atoms with Crippen molar-refractivity contribution >= 4 is 10.0 Å². The number of benzene rings is 2. The van der Waals surface area contributed by atoms with E-state index in [-0.39, 0.29) is 10.9 Å². The number of sulfonamides is 1. The number of nitrogens with zero attached hydrogens (tertiary/aromatic N) is 8. The molecule has 0 aliphatic carbocycles. The van der Waals surface area contributed by atoms with Crippen LogP contribution in [0, 0.1) is 6.92 Å². The summed E-state index contributed by atoms with van der Waals surface area (Å²) in [6.45, 7) is 3.67. The average molecular weight is 424 g/mol. The Bertz CT molecular complexity index is 1240. The number of aromatic nitrogens is 7. The van der Waals surface area contributed by atoms with Crippen LogP contribution in [0.4, 0.5) is 0 Å². The number of rotatable bonds is 6. The lowest BCUT2D eigenvalue weighted by Crippen LogP contribution is -2.30. The second-order valence-electron chi connectivity index (χ2n) is 6.83. The molecular weight excluding hydrogens is 404 g/mol. The zero-order valence-corrected chi connectivity index (χ0v) is 17.5. The summed E-state index contributed by atoms with van der Waals surface area (Å²) >= 11 is 0. The van der Waals surface area contributed by atoms with Gasteiger partial charge in [-0.05, 0) is 65.7 Å². The van der Waals surface area contributed by atoms with Gasteiger partial charge in [0.15, 0.2) is 0 Å². The van der Waals surface area contributed by atoms with E-state index >= 15 is 0 Å². The lowest BCUT2D eigenvalue weighted by atomic mass is 10.1. The predicted molar refractivity (Wildman–Crippen MR) is 109 cm³/mol. The van der Waals surface area contributed by atoms with Crippen LogP contribution in [0.3, 0.4) is 0 Å². The fourth-order valence-electron chi connectivity index (χ4n) is 3.15. The van der Waals surface area contributed by atoms with Crippen molar-refractivity contribution < 1.29 is 8.42 Å². The first-order chi connectivity index (χ1) is 14.4. The monoisotopic (exact) mass is 424 g/mol. The molecule has 2 aromatic heterocycles. The smallest absolute Gasteiger partial charge is 0.223 e. The van der Waals surface area contributed by atoms with Gasteiger partial charge in [-0.25, -0.2) is 22.8 Å². The van der Waals surface area contributed by atoms with E-state index in [4.69, 9.17) is 0 Å². The van der Waals surface area contributed by atoms with Gasteiger partial charge in [-0.3, -0.25) is 0 Å². The molecule has 154 valence electrons. The first-order valence-electron chi connectivity index (χ1n) is 9.15. The molecule has 0 saturated heterocycles. The summed E-state index contributed by atoms with van der Waals surface area (Å²) in [5, 5.41) is 15.2. The highest BCUT2D eigenvalue weighted by molar-refractivity contribution is 7.89. The minimum Gasteiger partial charge on any atom is -0.223 e. The van der Waals surface area contributed by atoms with Crippen LogP contribution in [0.2, 0.25) is 0 Å². The molecular formula is C19H20N8O2S. The maximum Gasteiger partial charge on any atom is 0.243 e. The molecule has 0 spiro atoms. The quantitative estimate of drug-likeness (QED) is 0.465. The van der Waals surface area contributed by atoms with Crippen molar-refractivity contribution in [2.45, 2.75) is 24.8 Å². The Labute approximate surface area is 173 Å². The van der Waals surface area contributed by atoms with Crippen molar-refractivity contribution in [2.24, 2.45) is 0 Å². The Balaban J connectivity index is 1.58. The van der Waals surface area contributed by atoms with Crippen molar-refractivity contribution in [1.29, 1.82) is 0 Å². The third-order valence-electron chi connectivity index (χ3n) is 5.05. The van der Waals surface area contributed by atoms with Crippen LogP contribution < -0.4 is 0 Å². The molecule has 2 aromatic carbocycles. The van der Waals surface area contributed by atoms with E-state index in [2.05, 4.69) is 25.6 Å². The summed E-state index contributed by atoms with van der Waals surface area (Å²) < 4.78 is 30.9. The minimum atomic E-state index is -3.70. The molecule has 0 N–H and O–H groups in total. The molecule has 4 rings (SSSR count). The average Bonchev–Trinajstić information content (AvgIpc) is 3.47. The van der Waals surface area contributed by atoms with Crippen LogP contribution in [0.15, 0.2) is 66.3 Å². The molecule has 4 aromatic rings. The Kier molecular flexibility index (Phi) is 5.14. The van der Waals surface area contributed by atoms with Gasteiger partial charge in [0.05, 0.1) is 16.3 Å². The first-order valence-corrected chi connectivity index (χ1v) is 10.6. The summed E-state index contributed by atoms with van der Waals surface area (Å²) in [7, 11) is -2.12. The van der Waals surface area contributed by atoms with Gasteiger partial charge >= 0.3 is 0 Å². The van der Waals surface area contributed by atoms with Crippen LogP contribution in [-0.2, 0) is 10.0 Å². The Hall–Kier alpha value is -3.44. The van der Waals surface area contributed by atoms with Crippen molar-refractivity contribution in [2.75, 3.05) is 7.05 Å². The molecule has 0 aliphatic rings. The second kappa shape index (κ2) is 7.76. The summed E-state index contributed by atoms with van der Waals surface area (Å²) in [6.07, 6.45) is 4.54. The SMILES string of the molecule is Cc1cc(S(=O)(=O)N(C)[C@@H](C)c2ccc(-n3cncn3)cc2)ccc1-n1cnnn1. The molecule has 0 aliphatic heterocycles. The summed E-state index contributed by atoms with van der Waals surface area (Å²) in [6, 6.07) is 12.1. The second-order valence-corrected chi connectivity index (χ2v) is 8.83. The Morgan fingerprint density at radius 1 is 1.03 bits per heavy atom. The maximum absolute atomic E-state index is 13.2. The van der Waals surface area contributed by atoms with Gasteiger partial charge in [-0.2, -0.15) is 9.40 Å². The predicted octanol–water partition coefficient (Wildman–Crippen LogP) is 1.93. The van der Waals surface area contributed by atoms with E-state index in [0.717, 1.165) is 22.5 Å². The fourth-order valence-corrected chi connectivity index (χ4v) is 4.58. The molecule has 2 heterocycles. The number of aryl methyl sites for hydroxylation is 1. The lowest BCUT2D eigenvalue weighted by molar-refractivity contribution is 0.398. The van der Waals surface area contributed by atoms with Gasteiger partial charge in [0.25, 0.3) is 0 Å². The molecule has 11 heteroatoms. The number of hydrogen-bond donors (Lipinski definition) is 0. The summed E-state index contributed by atoms with van der Waals surface area (Å²) in [5.74, 6) is 0. The van der Waals surface area contributed by atoms with E-state index in [1.165, 1.54) is 21.6 Å². The molecule has 0 unspecified atom stereocenters. The van der Waals surface area contributed by atoms with E-state index in [0.29, 0.717) is 0 Å². The van der Waals surface area contributed by atoms with E-state index < -0.39 is 10.0 Å². The highest BCUT2D eigenvalue weighted by atomic mass is 32.2. The van der Waals surface area contributed by atoms with Gasteiger partial charge < -0.3 is 0 Å². The van der Waals surface area contributed by atoms with Crippen molar-refractivity contribution in [1.82, 2.24) is 39.3 Å². The highest BCUT2D eigenvalue weighted by Gasteiger charge is 2.27. The van der Waals surface area contributed by atoms with Crippen molar-refractivity contribution in [3.63, 3.8) is 0 Å². The van der Waals surface area contributed by atoms with Crippen molar-refractivity contribution in [3.05, 3.63) is 72.6 Å².